The first-order chi connectivity index (χ1) is 15.9. The van der Waals surface area contributed by atoms with Crippen molar-refractivity contribution in [1.82, 2.24) is 19.2 Å². The van der Waals surface area contributed by atoms with Crippen LogP contribution in [0.1, 0.15) is 19.3 Å². The van der Waals surface area contributed by atoms with Gasteiger partial charge in [-0.15, -0.1) is 0 Å². The van der Waals surface area contributed by atoms with E-state index in [2.05, 4.69) is 26.7 Å². The van der Waals surface area contributed by atoms with Crippen LogP contribution in [0.4, 0.5) is 5.69 Å². The zero-order chi connectivity index (χ0) is 23.4. The van der Waals surface area contributed by atoms with Crippen LogP contribution in [-0.2, 0) is 26.6 Å². The van der Waals surface area contributed by atoms with Gasteiger partial charge in [0.25, 0.3) is 10.0 Å². The zero-order valence-corrected chi connectivity index (χ0v) is 19.5. The predicted molar refractivity (Wildman–Crippen MR) is 122 cm³/mol. The quantitative estimate of drug-likeness (QED) is 0.591. The molecule has 0 unspecified atom stereocenters. The number of carbonyl (C=O) groups excluding carboxylic acids is 1. The molecule has 0 bridgehead atoms. The number of carbonyl (C=O) groups is 1. The first-order valence-corrected chi connectivity index (χ1v) is 12.7. The van der Waals surface area contributed by atoms with Gasteiger partial charge in [0.15, 0.2) is 5.03 Å². The second-order valence-electron chi connectivity index (χ2n) is 8.57. The van der Waals surface area contributed by atoms with Crippen LogP contribution in [0.15, 0.2) is 47.9 Å². The summed E-state index contributed by atoms with van der Waals surface area (Å²) in [7, 11) is -2.13. The molecule has 2 aliphatic heterocycles. The number of piperazine rings is 1. The van der Waals surface area contributed by atoms with Gasteiger partial charge in [-0.05, 0) is 25.0 Å². The van der Waals surface area contributed by atoms with E-state index in [0.29, 0.717) is 25.9 Å². The van der Waals surface area contributed by atoms with Crippen molar-refractivity contribution in [3.8, 4) is 0 Å². The summed E-state index contributed by atoms with van der Waals surface area (Å²) in [4.78, 5) is 20.9. The van der Waals surface area contributed by atoms with Crippen LogP contribution in [-0.4, -0.2) is 84.9 Å². The molecule has 3 atom stereocenters. The Labute approximate surface area is 194 Å². The van der Waals surface area contributed by atoms with Crippen molar-refractivity contribution in [3.63, 3.8) is 0 Å². The molecule has 2 fully saturated rings. The zero-order valence-electron chi connectivity index (χ0n) is 18.7. The fourth-order valence-electron chi connectivity index (χ4n) is 4.38. The van der Waals surface area contributed by atoms with Gasteiger partial charge in [0.2, 0.25) is 5.91 Å². The average molecular weight is 478 g/mol. The first kappa shape index (κ1) is 23.7. The van der Waals surface area contributed by atoms with Crippen LogP contribution in [0.25, 0.3) is 0 Å². The fourth-order valence-corrected chi connectivity index (χ4v) is 5.66. The Balaban J connectivity index is 1.28. The number of ether oxygens (including phenoxy) is 1. The molecule has 2 aromatic rings. The standard InChI is InChI=1S/C22H31N5O5S/c1-25-14-21(23-16-25)33(30,31)24-19-8-7-18(32-20(19)15-28)13-22(29)27-11-9-26(10-12-27)17-5-3-2-4-6-17/h2-6,14,16,18-20,24,28H,7-13,15H2,1H3/t18-,19+,20+/m0/s1. The topological polar surface area (TPSA) is 117 Å². The number of sulfonamides is 1. The molecule has 33 heavy (non-hydrogen) atoms. The summed E-state index contributed by atoms with van der Waals surface area (Å²) >= 11 is 0. The third-order valence-corrected chi connectivity index (χ3v) is 7.59. The highest BCUT2D eigenvalue weighted by atomic mass is 32.2. The molecule has 0 spiro atoms. The van der Waals surface area contributed by atoms with Gasteiger partial charge in [-0.3, -0.25) is 4.79 Å². The minimum Gasteiger partial charge on any atom is -0.394 e. The van der Waals surface area contributed by atoms with Crippen molar-refractivity contribution in [2.24, 2.45) is 7.05 Å². The summed E-state index contributed by atoms with van der Waals surface area (Å²) in [6.07, 6.45) is 2.98. The number of imidazole rings is 1. The van der Waals surface area contributed by atoms with Gasteiger partial charge in [0, 0.05) is 45.1 Å². The Kier molecular flexibility index (Phi) is 7.32. The number of nitrogens with zero attached hydrogens (tertiary/aromatic N) is 4. The van der Waals surface area contributed by atoms with E-state index in [0.717, 1.165) is 18.8 Å². The van der Waals surface area contributed by atoms with Crippen molar-refractivity contribution in [2.75, 3.05) is 37.7 Å². The number of benzene rings is 1. The third kappa shape index (κ3) is 5.72. The highest BCUT2D eigenvalue weighted by Gasteiger charge is 2.36. The lowest BCUT2D eigenvalue weighted by atomic mass is 9.97. The van der Waals surface area contributed by atoms with Gasteiger partial charge in [0.1, 0.15) is 0 Å². The van der Waals surface area contributed by atoms with Gasteiger partial charge in [0.05, 0.1) is 37.6 Å². The number of aromatic nitrogens is 2. The summed E-state index contributed by atoms with van der Waals surface area (Å²) in [6.45, 7) is 2.51. The van der Waals surface area contributed by atoms with Gasteiger partial charge in [-0.1, -0.05) is 18.2 Å². The molecule has 1 aromatic carbocycles. The van der Waals surface area contributed by atoms with E-state index in [9.17, 15) is 18.3 Å². The van der Waals surface area contributed by atoms with Crippen LogP contribution in [0.2, 0.25) is 0 Å². The Morgan fingerprint density at radius 3 is 2.55 bits per heavy atom. The molecule has 1 aromatic heterocycles. The molecule has 11 heteroatoms. The summed E-state index contributed by atoms with van der Waals surface area (Å²) in [5.74, 6) is 0.0249. The van der Waals surface area contributed by atoms with Gasteiger partial charge in [-0.2, -0.15) is 0 Å². The monoisotopic (exact) mass is 477 g/mol. The van der Waals surface area contributed by atoms with Gasteiger partial charge >= 0.3 is 0 Å². The maximum absolute atomic E-state index is 12.8. The number of amides is 1. The molecule has 2 saturated heterocycles. The van der Waals surface area contributed by atoms with E-state index in [1.54, 1.807) is 11.6 Å². The van der Waals surface area contributed by atoms with Crippen molar-refractivity contribution in [2.45, 2.75) is 42.5 Å². The number of anilines is 1. The molecule has 2 aliphatic rings. The largest absolute Gasteiger partial charge is 0.394 e. The van der Waals surface area contributed by atoms with Gasteiger partial charge in [-0.25, -0.2) is 18.1 Å². The summed E-state index contributed by atoms with van der Waals surface area (Å²) in [6, 6.07) is 9.56. The van der Waals surface area contributed by atoms with E-state index in [1.165, 1.54) is 12.5 Å². The highest BCUT2D eigenvalue weighted by Crippen LogP contribution is 2.24. The molecule has 180 valence electrons. The summed E-state index contributed by atoms with van der Waals surface area (Å²) in [5.41, 5.74) is 1.16. The lowest BCUT2D eigenvalue weighted by Crippen LogP contribution is -2.52. The second kappa shape index (κ2) is 10.2. The molecule has 0 saturated carbocycles. The molecule has 1 amide bonds. The van der Waals surface area contributed by atoms with Crippen LogP contribution >= 0.6 is 0 Å². The lowest BCUT2D eigenvalue weighted by Gasteiger charge is -2.38. The average Bonchev–Trinajstić information content (AvgIpc) is 3.28. The molecule has 0 radical (unpaired) electrons. The molecular formula is C22H31N5O5S. The van der Waals surface area contributed by atoms with Gasteiger partial charge < -0.3 is 24.2 Å². The Morgan fingerprint density at radius 1 is 1.18 bits per heavy atom. The minimum absolute atomic E-state index is 0.0249. The van der Waals surface area contributed by atoms with E-state index in [1.807, 2.05) is 23.1 Å². The number of aryl methyl sites for hydroxylation is 1. The Bertz CT molecular complexity index is 1040. The first-order valence-electron chi connectivity index (χ1n) is 11.2. The van der Waals surface area contributed by atoms with E-state index in [4.69, 9.17) is 4.74 Å². The third-order valence-electron chi connectivity index (χ3n) is 6.21. The number of nitrogens with one attached hydrogen (secondary N) is 1. The Morgan fingerprint density at radius 2 is 1.91 bits per heavy atom. The van der Waals surface area contributed by atoms with Crippen LogP contribution < -0.4 is 9.62 Å². The smallest absolute Gasteiger partial charge is 0.259 e. The number of aliphatic hydroxyl groups is 1. The Hall–Kier alpha value is -2.47. The molecule has 4 rings (SSSR count). The van der Waals surface area contributed by atoms with Crippen LogP contribution in [0.3, 0.4) is 0 Å². The van der Waals surface area contributed by atoms with Crippen LogP contribution in [0.5, 0.6) is 0 Å². The molecule has 10 nitrogen and oxygen atoms in total. The van der Waals surface area contributed by atoms with Crippen molar-refractivity contribution in [3.05, 3.63) is 42.9 Å². The molecule has 0 aliphatic carbocycles. The normalized spacial score (nSPS) is 24.1. The number of rotatable bonds is 7. The van der Waals surface area contributed by atoms with Crippen molar-refractivity contribution in [1.29, 1.82) is 0 Å². The number of aliphatic hydroxyl groups excluding tert-OH is 1. The maximum Gasteiger partial charge on any atom is 0.259 e. The summed E-state index contributed by atoms with van der Waals surface area (Å²) < 4.78 is 35.2. The van der Waals surface area contributed by atoms with Crippen LogP contribution in [0, 0.1) is 0 Å². The van der Waals surface area contributed by atoms with E-state index >= 15 is 0 Å². The van der Waals surface area contributed by atoms with Crippen molar-refractivity contribution >= 4 is 21.6 Å². The highest BCUT2D eigenvalue weighted by molar-refractivity contribution is 7.89. The number of hydrogen-bond acceptors (Lipinski definition) is 7. The SMILES string of the molecule is Cn1cnc(S(=O)(=O)N[C@@H]2CC[C@@H](CC(=O)N3CCN(c4ccccc4)CC3)O[C@@H]2CO)c1. The predicted octanol–water partition coefficient (Wildman–Crippen LogP) is 0.346. The molecule has 2 N–H and O–H groups in total. The van der Waals surface area contributed by atoms with Crippen molar-refractivity contribution < 1.29 is 23.1 Å². The van der Waals surface area contributed by atoms with E-state index in [-0.39, 0.29) is 30.1 Å². The molecular weight excluding hydrogens is 446 g/mol. The number of para-hydroxylation sites is 1. The van der Waals surface area contributed by atoms with E-state index < -0.39 is 22.2 Å². The minimum atomic E-state index is -3.82. The number of hydrogen-bond donors (Lipinski definition) is 2. The lowest BCUT2D eigenvalue weighted by molar-refractivity contribution is -0.140. The summed E-state index contributed by atoms with van der Waals surface area (Å²) in [5, 5.41) is 9.72. The maximum atomic E-state index is 12.8. The molecule has 3 heterocycles. The second-order valence-corrected chi connectivity index (χ2v) is 10.2. The fraction of sp³-hybridized carbons (Fsp3) is 0.545.